The van der Waals surface area contributed by atoms with Crippen molar-refractivity contribution in [2.75, 3.05) is 4.43 Å². The second-order valence-electron chi connectivity index (χ2n) is 1.30. The van der Waals surface area contributed by atoms with E-state index < -0.39 is 12.2 Å². The smallest absolute Gasteiger partial charge is 0.320 e. The van der Waals surface area contributed by atoms with E-state index in [0.29, 0.717) is 0 Å². The van der Waals surface area contributed by atoms with Crippen molar-refractivity contribution in [3.05, 3.63) is 0 Å². The van der Waals surface area contributed by atoms with E-state index in [9.17, 15) is 13.2 Å². The molecule has 1 unspecified atom stereocenters. The molecule has 8 heavy (non-hydrogen) atoms. The van der Waals surface area contributed by atoms with Crippen molar-refractivity contribution < 1.29 is 13.2 Å². The highest BCUT2D eigenvalue weighted by Gasteiger charge is 2.35. The number of hydrogen-bond acceptors (Lipinski definition) is 1. The van der Waals surface area contributed by atoms with E-state index in [1.165, 1.54) is 0 Å². The molecule has 0 aliphatic heterocycles. The maximum atomic E-state index is 11.3. The summed E-state index contributed by atoms with van der Waals surface area (Å²) < 4.78 is 33.9. The molecule has 0 aliphatic carbocycles. The first-order valence-electron chi connectivity index (χ1n) is 1.86. The molecule has 0 aromatic carbocycles. The van der Waals surface area contributed by atoms with Crippen LogP contribution in [-0.4, -0.2) is 16.6 Å². The first-order valence-corrected chi connectivity index (χ1v) is 3.39. The van der Waals surface area contributed by atoms with Crippen LogP contribution in [0.2, 0.25) is 0 Å². The van der Waals surface area contributed by atoms with Gasteiger partial charge in [0.2, 0.25) is 0 Å². The Hall–Kier alpha value is 0.480. The van der Waals surface area contributed by atoms with E-state index >= 15 is 0 Å². The van der Waals surface area contributed by atoms with Gasteiger partial charge >= 0.3 is 6.18 Å². The lowest BCUT2D eigenvalue weighted by Crippen LogP contribution is -2.38. The van der Waals surface area contributed by atoms with Gasteiger partial charge in [0.05, 0.1) is 0 Å². The third kappa shape index (κ3) is 2.71. The van der Waals surface area contributed by atoms with E-state index in [4.69, 9.17) is 0 Å². The van der Waals surface area contributed by atoms with Gasteiger partial charge < -0.3 is 5.73 Å². The molecule has 0 radical (unpaired) electrons. The van der Waals surface area contributed by atoms with Gasteiger partial charge in [0.25, 0.3) is 0 Å². The van der Waals surface area contributed by atoms with Crippen molar-refractivity contribution in [2.45, 2.75) is 12.2 Å². The largest absolute Gasteiger partial charge is 0.404 e. The molecular weight excluding hydrogens is 234 g/mol. The predicted octanol–water partition coefficient (Wildman–Crippen LogP) is 1.31. The predicted molar refractivity (Wildman–Crippen MR) is 32.9 cm³/mol. The standard InChI is InChI=1S/C3H5F3IN/c4-3(5,6)2(8)1-7/h2H,1,8H2. The maximum Gasteiger partial charge on any atom is 0.404 e. The molecule has 0 rings (SSSR count). The lowest BCUT2D eigenvalue weighted by Gasteiger charge is -2.10. The lowest BCUT2D eigenvalue weighted by atomic mass is 10.4. The van der Waals surface area contributed by atoms with Crippen LogP contribution in [-0.2, 0) is 0 Å². The third-order valence-electron chi connectivity index (χ3n) is 0.587. The van der Waals surface area contributed by atoms with Gasteiger partial charge in [-0.05, 0) is 0 Å². The van der Waals surface area contributed by atoms with Gasteiger partial charge in [-0.1, -0.05) is 22.6 Å². The van der Waals surface area contributed by atoms with E-state index in [1.54, 1.807) is 22.6 Å². The minimum absolute atomic E-state index is 0.0821. The van der Waals surface area contributed by atoms with Gasteiger partial charge in [0.15, 0.2) is 0 Å². The highest BCUT2D eigenvalue weighted by atomic mass is 127. The van der Waals surface area contributed by atoms with Crippen molar-refractivity contribution in [1.29, 1.82) is 0 Å². The quantitative estimate of drug-likeness (QED) is 0.541. The number of halogens is 4. The van der Waals surface area contributed by atoms with Crippen LogP contribution < -0.4 is 5.73 Å². The molecule has 0 saturated heterocycles. The molecule has 0 aromatic heterocycles. The van der Waals surface area contributed by atoms with Crippen LogP contribution in [0.5, 0.6) is 0 Å². The molecular formula is C3H5F3IN. The molecule has 0 heterocycles. The summed E-state index contributed by atoms with van der Waals surface area (Å²) in [5.41, 5.74) is 4.62. The molecule has 50 valence electrons. The summed E-state index contributed by atoms with van der Waals surface area (Å²) in [4.78, 5) is 0. The molecule has 0 bridgehead atoms. The van der Waals surface area contributed by atoms with Crippen molar-refractivity contribution in [1.82, 2.24) is 0 Å². The molecule has 2 N–H and O–H groups in total. The van der Waals surface area contributed by atoms with Crippen molar-refractivity contribution in [3.8, 4) is 0 Å². The van der Waals surface area contributed by atoms with Gasteiger partial charge in [0.1, 0.15) is 6.04 Å². The van der Waals surface area contributed by atoms with Crippen molar-refractivity contribution in [2.24, 2.45) is 5.73 Å². The Balaban J connectivity index is 3.62. The lowest BCUT2D eigenvalue weighted by molar-refractivity contribution is -0.141. The normalized spacial score (nSPS) is 16.1. The molecule has 0 spiro atoms. The van der Waals surface area contributed by atoms with Crippen LogP contribution in [0.3, 0.4) is 0 Å². The summed E-state index contributed by atoms with van der Waals surface area (Å²) in [5, 5.41) is 0. The first kappa shape index (κ1) is 8.48. The summed E-state index contributed by atoms with van der Waals surface area (Å²) in [5.74, 6) is 0. The van der Waals surface area contributed by atoms with Gasteiger partial charge in [-0.25, -0.2) is 0 Å². The number of hydrogen-bond donors (Lipinski definition) is 1. The molecule has 0 aliphatic rings. The Labute approximate surface area is 58.6 Å². The van der Waals surface area contributed by atoms with Crippen LogP contribution in [0.15, 0.2) is 0 Å². The zero-order valence-corrected chi connectivity index (χ0v) is 6.03. The Bertz CT molecular complexity index is 71.4. The highest BCUT2D eigenvalue weighted by molar-refractivity contribution is 14.1. The van der Waals surface area contributed by atoms with Crippen LogP contribution in [0, 0.1) is 0 Å². The molecule has 5 heteroatoms. The van der Waals surface area contributed by atoms with Gasteiger partial charge in [-0.2, -0.15) is 13.2 Å². The summed E-state index contributed by atoms with van der Waals surface area (Å²) >= 11 is 1.59. The fourth-order valence-electron chi connectivity index (χ4n) is 0.0875. The topological polar surface area (TPSA) is 26.0 Å². The minimum atomic E-state index is -4.22. The maximum absolute atomic E-state index is 11.3. The molecule has 0 fully saturated rings. The Morgan fingerprint density at radius 2 is 1.88 bits per heavy atom. The average molecular weight is 239 g/mol. The van der Waals surface area contributed by atoms with Crippen molar-refractivity contribution in [3.63, 3.8) is 0 Å². The second-order valence-corrected chi connectivity index (χ2v) is 2.18. The third-order valence-corrected chi connectivity index (χ3v) is 1.54. The summed E-state index contributed by atoms with van der Waals surface area (Å²) in [7, 11) is 0. The first-order chi connectivity index (χ1) is 3.48. The van der Waals surface area contributed by atoms with E-state index in [-0.39, 0.29) is 4.43 Å². The van der Waals surface area contributed by atoms with Gasteiger partial charge in [-0.3, -0.25) is 0 Å². The van der Waals surface area contributed by atoms with Gasteiger partial charge in [-0.15, -0.1) is 0 Å². The molecule has 1 atom stereocenters. The molecule has 0 saturated carbocycles. The number of rotatable bonds is 1. The molecule has 0 aromatic rings. The number of alkyl halides is 4. The highest BCUT2D eigenvalue weighted by Crippen LogP contribution is 2.19. The zero-order valence-electron chi connectivity index (χ0n) is 3.87. The van der Waals surface area contributed by atoms with Crippen LogP contribution in [0.4, 0.5) is 13.2 Å². The van der Waals surface area contributed by atoms with Crippen LogP contribution in [0.25, 0.3) is 0 Å². The van der Waals surface area contributed by atoms with E-state index in [0.717, 1.165) is 0 Å². The van der Waals surface area contributed by atoms with Crippen LogP contribution >= 0.6 is 22.6 Å². The summed E-state index contributed by atoms with van der Waals surface area (Å²) in [6.07, 6.45) is -4.22. The summed E-state index contributed by atoms with van der Waals surface area (Å²) in [6, 6.07) is -1.66. The Morgan fingerprint density at radius 3 is 1.88 bits per heavy atom. The molecule has 1 nitrogen and oxygen atoms in total. The fraction of sp³-hybridized carbons (Fsp3) is 1.00. The Morgan fingerprint density at radius 1 is 1.50 bits per heavy atom. The minimum Gasteiger partial charge on any atom is -0.320 e. The van der Waals surface area contributed by atoms with Gasteiger partial charge in [0, 0.05) is 4.43 Å². The van der Waals surface area contributed by atoms with E-state index in [1.807, 2.05) is 0 Å². The zero-order chi connectivity index (χ0) is 6.78. The SMILES string of the molecule is NC(CI)C(F)(F)F. The second kappa shape index (κ2) is 2.86. The monoisotopic (exact) mass is 239 g/mol. The molecule has 0 amide bonds. The Kier molecular flexibility index (Phi) is 3.03. The van der Waals surface area contributed by atoms with Crippen molar-refractivity contribution >= 4 is 22.6 Å². The summed E-state index contributed by atoms with van der Waals surface area (Å²) in [6.45, 7) is 0. The number of nitrogens with two attached hydrogens (primary N) is 1. The van der Waals surface area contributed by atoms with Crippen LogP contribution in [0.1, 0.15) is 0 Å². The van der Waals surface area contributed by atoms with E-state index in [2.05, 4.69) is 5.73 Å². The fourth-order valence-corrected chi connectivity index (χ4v) is 0.587. The average Bonchev–Trinajstić information content (AvgIpc) is 1.62.